The van der Waals surface area contributed by atoms with Crippen molar-refractivity contribution in [1.29, 1.82) is 0 Å². The van der Waals surface area contributed by atoms with Gasteiger partial charge in [0, 0.05) is 24.2 Å². The molecule has 17 nitrogen and oxygen atoms in total. The quantitative estimate of drug-likeness (QED) is 0.0748. The zero-order chi connectivity index (χ0) is 42.1. The van der Waals surface area contributed by atoms with E-state index < -0.39 is 78.2 Å². The Hall–Kier alpha value is -6.49. The van der Waals surface area contributed by atoms with Crippen molar-refractivity contribution in [2.45, 2.75) is 83.5 Å². The summed E-state index contributed by atoms with van der Waals surface area (Å²) in [7, 11) is 0. The standard InChI is InChI=1S/C40H51N7O10/c1-4-23(2)35(47-33(50)21-26-12-16-27(17-13-26)42-40(57)46-29-9-6-5-8-24(29)3)39(56)43-30(10-7-11-34(51)52)37(54)45-32(22-48)38(55)44-31(36(41)53)20-25-14-18-28(49)19-15-25/h5-6,8-9,12-19,23,30-32,35,48-49H,4,7,10-11,20-22H2,1-3H3,(H2,41,53)(H,43,56)(H,44,55)(H,45,54)(H,47,50)(H,51,52)(H2,42,46,57)/t23?,30-,31-,32-,35-/m0/s1. The third kappa shape index (κ3) is 14.9. The molecule has 5 atom stereocenters. The molecule has 17 heteroatoms. The fourth-order valence-electron chi connectivity index (χ4n) is 5.63. The van der Waals surface area contributed by atoms with Crippen LogP contribution in [0.3, 0.4) is 0 Å². The summed E-state index contributed by atoms with van der Waals surface area (Å²) in [6.07, 6.45) is -0.266. The largest absolute Gasteiger partial charge is 0.508 e. The Morgan fingerprint density at radius 1 is 0.737 bits per heavy atom. The maximum atomic E-state index is 13.7. The molecule has 0 aliphatic heterocycles. The van der Waals surface area contributed by atoms with Crippen molar-refractivity contribution in [3.05, 3.63) is 89.5 Å². The van der Waals surface area contributed by atoms with Crippen molar-refractivity contribution in [1.82, 2.24) is 21.3 Å². The van der Waals surface area contributed by atoms with Crippen LogP contribution in [0.25, 0.3) is 0 Å². The van der Waals surface area contributed by atoms with Gasteiger partial charge in [0.15, 0.2) is 0 Å². The van der Waals surface area contributed by atoms with Crippen LogP contribution in [-0.4, -0.2) is 87.6 Å². The maximum Gasteiger partial charge on any atom is 0.323 e. The number of benzene rings is 3. The van der Waals surface area contributed by atoms with E-state index in [2.05, 4.69) is 31.9 Å². The molecule has 3 aromatic rings. The number of aromatic hydroxyl groups is 1. The minimum Gasteiger partial charge on any atom is -0.508 e. The third-order valence-electron chi connectivity index (χ3n) is 9.15. The summed E-state index contributed by atoms with van der Waals surface area (Å²) in [6, 6.07) is 13.9. The van der Waals surface area contributed by atoms with Gasteiger partial charge in [-0.15, -0.1) is 0 Å². The monoisotopic (exact) mass is 789 g/mol. The first-order chi connectivity index (χ1) is 27.1. The highest BCUT2D eigenvalue weighted by atomic mass is 16.4. The number of carbonyl (C=O) groups excluding carboxylic acids is 6. The lowest BCUT2D eigenvalue weighted by Gasteiger charge is -2.27. The summed E-state index contributed by atoms with van der Waals surface area (Å²) in [5.41, 5.74) is 8.66. The summed E-state index contributed by atoms with van der Waals surface area (Å²) >= 11 is 0. The number of hydrogen-bond donors (Lipinski definition) is 10. The van der Waals surface area contributed by atoms with Crippen LogP contribution in [0, 0.1) is 12.8 Å². The van der Waals surface area contributed by atoms with E-state index in [0.29, 0.717) is 28.9 Å². The predicted molar refractivity (Wildman–Crippen MR) is 211 cm³/mol. The van der Waals surface area contributed by atoms with Crippen LogP contribution in [0.1, 0.15) is 56.2 Å². The minimum absolute atomic E-state index is 0.0115. The lowest BCUT2D eigenvalue weighted by atomic mass is 9.97. The number of carboxylic acid groups (broad SMARTS) is 1. The Morgan fingerprint density at radius 3 is 1.93 bits per heavy atom. The van der Waals surface area contributed by atoms with Crippen LogP contribution < -0.4 is 37.6 Å². The molecule has 0 aliphatic rings. The van der Waals surface area contributed by atoms with Crippen LogP contribution in [0.5, 0.6) is 5.75 Å². The highest BCUT2D eigenvalue weighted by Gasteiger charge is 2.32. The number of phenolic OH excluding ortho intramolecular Hbond substituents is 1. The summed E-state index contributed by atoms with van der Waals surface area (Å²) in [5, 5.41) is 44.3. The first-order valence-corrected chi connectivity index (χ1v) is 18.4. The molecule has 0 fully saturated rings. The number of aliphatic hydroxyl groups excluding tert-OH is 1. The number of nitrogens with one attached hydrogen (secondary N) is 6. The Kier molecular flexibility index (Phi) is 17.5. The van der Waals surface area contributed by atoms with Crippen molar-refractivity contribution < 1.29 is 48.9 Å². The Bertz CT molecular complexity index is 1870. The van der Waals surface area contributed by atoms with Gasteiger partial charge in [-0.25, -0.2) is 4.79 Å². The van der Waals surface area contributed by atoms with Crippen LogP contribution in [-0.2, 0) is 41.6 Å². The molecule has 0 saturated heterocycles. The number of primary amides is 1. The van der Waals surface area contributed by atoms with Gasteiger partial charge in [-0.05, 0) is 72.7 Å². The molecule has 3 aromatic carbocycles. The number of rotatable bonds is 21. The molecule has 11 N–H and O–H groups in total. The van der Waals surface area contributed by atoms with Crippen molar-refractivity contribution in [3.8, 4) is 5.75 Å². The number of urea groups is 1. The number of phenols is 1. The Balaban J connectivity index is 1.66. The van der Waals surface area contributed by atoms with E-state index in [0.717, 1.165) is 5.56 Å². The fourth-order valence-corrected chi connectivity index (χ4v) is 5.63. The van der Waals surface area contributed by atoms with Gasteiger partial charge in [-0.3, -0.25) is 28.8 Å². The number of aliphatic hydroxyl groups is 1. The Labute approximate surface area is 330 Å². The van der Waals surface area contributed by atoms with E-state index in [4.69, 9.17) is 5.73 Å². The van der Waals surface area contributed by atoms with Gasteiger partial charge in [0.2, 0.25) is 29.5 Å². The van der Waals surface area contributed by atoms with Crippen molar-refractivity contribution >= 4 is 52.9 Å². The summed E-state index contributed by atoms with van der Waals surface area (Å²) < 4.78 is 0. The molecule has 306 valence electrons. The number of amides is 7. The SMILES string of the molecule is CCC(C)[C@H](NC(=O)Cc1ccc(NC(=O)Nc2ccccc2C)cc1)C(=O)N[C@@H](CCCC(=O)O)C(=O)N[C@@H](CO)C(=O)N[C@@H](Cc1ccc(O)cc1)C(N)=O. The summed E-state index contributed by atoms with van der Waals surface area (Å²) in [4.78, 5) is 89.4. The number of para-hydroxylation sites is 1. The van der Waals surface area contributed by atoms with Crippen LogP contribution in [0.15, 0.2) is 72.8 Å². The van der Waals surface area contributed by atoms with Gasteiger partial charge in [0.05, 0.1) is 13.0 Å². The van der Waals surface area contributed by atoms with Crippen molar-refractivity contribution in [2.24, 2.45) is 11.7 Å². The second-order valence-corrected chi connectivity index (χ2v) is 13.6. The molecule has 0 saturated carbocycles. The molecule has 0 aliphatic carbocycles. The summed E-state index contributed by atoms with van der Waals surface area (Å²) in [6.45, 7) is 4.50. The van der Waals surface area contributed by atoms with Crippen LogP contribution in [0.4, 0.5) is 16.2 Å². The molecule has 0 radical (unpaired) electrons. The van der Waals surface area contributed by atoms with E-state index in [-0.39, 0.29) is 37.9 Å². The highest BCUT2D eigenvalue weighted by molar-refractivity contribution is 6.00. The maximum absolute atomic E-state index is 13.7. The van der Waals surface area contributed by atoms with E-state index in [1.807, 2.05) is 19.1 Å². The fraction of sp³-hybridized carbons (Fsp3) is 0.375. The second-order valence-electron chi connectivity index (χ2n) is 13.6. The zero-order valence-corrected chi connectivity index (χ0v) is 32.0. The molecule has 0 spiro atoms. The average Bonchev–Trinajstić information content (AvgIpc) is 3.17. The number of carboxylic acids is 1. The number of aryl methyl sites for hydroxylation is 1. The number of hydrogen-bond acceptors (Lipinski definition) is 9. The smallest absolute Gasteiger partial charge is 0.323 e. The molecule has 1 unspecified atom stereocenters. The van der Waals surface area contributed by atoms with Crippen LogP contribution in [0.2, 0.25) is 0 Å². The number of anilines is 2. The molecular weight excluding hydrogens is 738 g/mol. The molecule has 3 rings (SSSR count). The molecule has 57 heavy (non-hydrogen) atoms. The first kappa shape index (κ1) is 44.9. The molecule has 0 bridgehead atoms. The topological polar surface area (TPSA) is 278 Å². The molecule has 0 aromatic heterocycles. The zero-order valence-electron chi connectivity index (χ0n) is 32.0. The van der Waals surface area contributed by atoms with E-state index >= 15 is 0 Å². The average molecular weight is 790 g/mol. The molecule has 7 amide bonds. The first-order valence-electron chi connectivity index (χ1n) is 18.4. The number of aliphatic carboxylic acids is 1. The van der Waals surface area contributed by atoms with E-state index in [1.54, 1.807) is 50.2 Å². The second kappa shape index (κ2) is 22.2. The van der Waals surface area contributed by atoms with Gasteiger partial charge in [0.1, 0.15) is 29.9 Å². The van der Waals surface area contributed by atoms with E-state index in [9.17, 15) is 48.9 Å². The van der Waals surface area contributed by atoms with Crippen LogP contribution >= 0.6 is 0 Å². The predicted octanol–water partition coefficient (Wildman–Crippen LogP) is 1.85. The van der Waals surface area contributed by atoms with Crippen molar-refractivity contribution in [2.75, 3.05) is 17.2 Å². The molecule has 0 heterocycles. The van der Waals surface area contributed by atoms with Gasteiger partial charge in [-0.1, -0.05) is 62.7 Å². The normalized spacial score (nSPS) is 13.4. The molecular formula is C40H51N7O10. The summed E-state index contributed by atoms with van der Waals surface area (Å²) in [5.74, 6) is -5.58. The van der Waals surface area contributed by atoms with E-state index in [1.165, 1.54) is 24.3 Å². The Morgan fingerprint density at radius 2 is 1.33 bits per heavy atom. The van der Waals surface area contributed by atoms with Gasteiger partial charge < -0.3 is 53.0 Å². The lowest BCUT2D eigenvalue weighted by Crippen LogP contribution is -2.59. The third-order valence-corrected chi connectivity index (χ3v) is 9.15. The van der Waals surface area contributed by atoms with Gasteiger partial charge in [0.25, 0.3) is 0 Å². The minimum atomic E-state index is -1.59. The lowest BCUT2D eigenvalue weighted by molar-refractivity contribution is -0.137. The highest BCUT2D eigenvalue weighted by Crippen LogP contribution is 2.16. The number of nitrogens with two attached hydrogens (primary N) is 1. The van der Waals surface area contributed by atoms with Crippen molar-refractivity contribution in [3.63, 3.8) is 0 Å². The van der Waals surface area contributed by atoms with Gasteiger partial charge >= 0.3 is 12.0 Å². The number of carbonyl (C=O) groups is 7. The van der Waals surface area contributed by atoms with Gasteiger partial charge in [-0.2, -0.15) is 0 Å².